The van der Waals surface area contributed by atoms with Crippen molar-refractivity contribution >= 4 is 11.6 Å². The van der Waals surface area contributed by atoms with E-state index in [-0.39, 0.29) is 30.2 Å². The number of benzene rings is 2. The molecule has 0 aliphatic heterocycles. The molecule has 0 bridgehead atoms. The molecule has 3 rings (SSSR count). The number of ether oxygens (including phenoxy) is 2. The monoisotopic (exact) mass is 419 g/mol. The fraction of sp³-hybridized carbons (Fsp3) is 0.238. The van der Waals surface area contributed by atoms with Gasteiger partial charge < -0.3 is 19.4 Å². The van der Waals surface area contributed by atoms with Crippen LogP contribution in [-0.2, 0) is 17.9 Å². The number of aryl methyl sites for hydroxylation is 1. The molecule has 0 fully saturated rings. The smallest absolute Gasteiger partial charge is 0.279 e. The molecule has 0 spiro atoms. The molecule has 1 N–H and O–H groups in total. The summed E-state index contributed by atoms with van der Waals surface area (Å²) in [7, 11) is 2.96. The molecule has 30 heavy (non-hydrogen) atoms. The van der Waals surface area contributed by atoms with Crippen LogP contribution in [0.5, 0.6) is 5.75 Å². The van der Waals surface area contributed by atoms with Crippen LogP contribution in [0.4, 0.5) is 24.8 Å². The van der Waals surface area contributed by atoms with Crippen molar-refractivity contribution in [3.05, 3.63) is 81.0 Å². The number of anilines is 2. The van der Waals surface area contributed by atoms with Crippen LogP contribution in [0.3, 0.4) is 0 Å². The first-order valence-corrected chi connectivity index (χ1v) is 8.96. The number of nitrogens with zero attached hydrogens (tertiary/aromatic N) is 2. The average molecular weight is 419 g/mol. The van der Waals surface area contributed by atoms with Crippen LogP contribution in [0, 0.1) is 24.4 Å². The molecule has 1 aromatic heterocycles. The second-order valence-electron chi connectivity index (χ2n) is 6.64. The molecule has 0 saturated heterocycles. The van der Waals surface area contributed by atoms with Crippen LogP contribution in [0.2, 0.25) is 0 Å². The van der Waals surface area contributed by atoms with E-state index >= 15 is 0 Å². The molecule has 0 unspecified atom stereocenters. The van der Waals surface area contributed by atoms with E-state index in [1.807, 2.05) is 13.0 Å². The van der Waals surface area contributed by atoms with Crippen molar-refractivity contribution in [2.75, 3.05) is 19.5 Å². The van der Waals surface area contributed by atoms with E-state index in [2.05, 4.69) is 10.3 Å². The first-order valence-electron chi connectivity index (χ1n) is 8.96. The summed E-state index contributed by atoms with van der Waals surface area (Å²) in [5.41, 5.74) is 1.40. The lowest BCUT2D eigenvalue weighted by Gasteiger charge is -2.17. The summed E-state index contributed by atoms with van der Waals surface area (Å²) in [6, 6.07) is 7.13. The van der Waals surface area contributed by atoms with E-state index in [4.69, 9.17) is 9.47 Å². The minimum absolute atomic E-state index is 0.0104. The van der Waals surface area contributed by atoms with Gasteiger partial charge in [-0.25, -0.2) is 13.2 Å². The van der Waals surface area contributed by atoms with E-state index in [0.29, 0.717) is 11.4 Å². The third-order valence-corrected chi connectivity index (χ3v) is 4.45. The van der Waals surface area contributed by atoms with Crippen molar-refractivity contribution in [3.63, 3.8) is 0 Å². The molecule has 158 valence electrons. The molecule has 0 radical (unpaired) electrons. The Morgan fingerprint density at radius 1 is 1.10 bits per heavy atom. The summed E-state index contributed by atoms with van der Waals surface area (Å²) in [5, 5.41) is 3.06. The first-order chi connectivity index (χ1) is 14.3. The molecule has 3 aromatic rings. The van der Waals surface area contributed by atoms with E-state index in [1.165, 1.54) is 25.0 Å². The Kier molecular flexibility index (Phi) is 6.41. The van der Waals surface area contributed by atoms with Crippen LogP contribution < -0.4 is 15.6 Å². The van der Waals surface area contributed by atoms with E-state index in [9.17, 15) is 18.0 Å². The number of hydrogen-bond acceptors (Lipinski definition) is 5. The molecule has 0 amide bonds. The van der Waals surface area contributed by atoms with Gasteiger partial charge in [-0.2, -0.15) is 4.98 Å². The van der Waals surface area contributed by atoms with E-state index < -0.39 is 23.0 Å². The predicted molar refractivity (Wildman–Crippen MR) is 106 cm³/mol. The summed E-state index contributed by atoms with van der Waals surface area (Å²) in [4.78, 5) is 16.4. The SMILES string of the molecule is COCc1cn(Cc2cc(F)c(F)c(F)c2)c(Nc2cc(OC)ccc2C)nc1=O. The Morgan fingerprint density at radius 2 is 1.80 bits per heavy atom. The maximum absolute atomic E-state index is 13.7. The van der Waals surface area contributed by atoms with Gasteiger partial charge in [-0.05, 0) is 36.2 Å². The predicted octanol–water partition coefficient (Wildman–Crippen LogP) is 3.92. The van der Waals surface area contributed by atoms with Crippen molar-refractivity contribution in [3.8, 4) is 5.75 Å². The lowest BCUT2D eigenvalue weighted by atomic mass is 10.2. The second-order valence-corrected chi connectivity index (χ2v) is 6.64. The molecule has 9 heteroatoms. The highest BCUT2D eigenvalue weighted by Gasteiger charge is 2.14. The minimum Gasteiger partial charge on any atom is -0.497 e. The van der Waals surface area contributed by atoms with E-state index in [1.54, 1.807) is 12.1 Å². The van der Waals surface area contributed by atoms with Crippen molar-refractivity contribution in [1.29, 1.82) is 0 Å². The lowest BCUT2D eigenvalue weighted by molar-refractivity contribution is 0.183. The van der Waals surface area contributed by atoms with Crippen LogP contribution in [0.1, 0.15) is 16.7 Å². The summed E-state index contributed by atoms with van der Waals surface area (Å²) in [5.74, 6) is -3.40. The summed E-state index contributed by atoms with van der Waals surface area (Å²) in [6.07, 6.45) is 1.48. The second kappa shape index (κ2) is 9.00. The number of aromatic nitrogens is 2. The quantitative estimate of drug-likeness (QED) is 0.588. The van der Waals surface area contributed by atoms with Crippen molar-refractivity contribution in [2.45, 2.75) is 20.1 Å². The molecule has 0 atom stereocenters. The summed E-state index contributed by atoms with van der Waals surface area (Å²) in [6.45, 7) is 1.80. The van der Waals surface area contributed by atoms with Gasteiger partial charge in [-0.1, -0.05) is 6.07 Å². The summed E-state index contributed by atoms with van der Waals surface area (Å²) < 4.78 is 52.3. The molecule has 2 aromatic carbocycles. The van der Waals surface area contributed by atoms with Gasteiger partial charge in [0.2, 0.25) is 5.95 Å². The van der Waals surface area contributed by atoms with Gasteiger partial charge in [0.25, 0.3) is 5.56 Å². The zero-order valence-corrected chi connectivity index (χ0v) is 16.6. The standard InChI is InChI=1S/C21H20F3N3O3/c1-12-4-5-15(30-3)8-18(12)25-21-26-20(28)14(11-29-2)10-27(21)9-13-6-16(22)19(24)17(23)7-13/h4-8,10H,9,11H2,1-3H3,(H,25,26,28). The normalized spacial score (nSPS) is 10.9. The molecule has 0 saturated carbocycles. The fourth-order valence-electron chi connectivity index (χ4n) is 2.89. The number of rotatable bonds is 7. The van der Waals surface area contributed by atoms with Crippen LogP contribution >= 0.6 is 0 Å². The summed E-state index contributed by atoms with van der Waals surface area (Å²) >= 11 is 0. The maximum Gasteiger partial charge on any atom is 0.279 e. The Hall–Kier alpha value is -3.33. The maximum atomic E-state index is 13.7. The highest BCUT2D eigenvalue weighted by molar-refractivity contribution is 5.61. The zero-order chi connectivity index (χ0) is 21.8. The third-order valence-electron chi connectivity index (χ3n) is 4.45. The van der Waals surface area contributed by atoms with Gasteiger partial charge >= 0.3 is 0 Å². The third kappa shape index (κ3) is 4.62. The number of hydrogen-bond donors (Lipinski definition) is 1. The Bertz CT molecular complexity index is 1110. The largest absolute Gasteiger partial charge is 0.497 e. The van der Waals surface area contributed by atoms with Crippen molar-refractivity contribution < 1.29 is 22.6 Å². The van der Waals surface area contributed by atoms with E-state index in [0.717, 1.165) is 17.7 Å². The topological polar surface area (TPSA) is 65.4 Å². The molecule has 1 heterocycles. The van der Waals surface area contributed by atoms with Crippen molar-refractivity contribution in [1.82, 2.24) is 9.55 Å². The van der Waals surface area contributed by atoms with Gasteiger partial charge in [-0.3, -0.25) is 4.79 Å². The Balaban J connectivity index is 2.06. The number of nitrogens with one attached hydrogen (secondary N) is 1. The van der Waals surface area contributed by atoms with Gasteiger partial charge in [0, 0.05) is 25.1 Å². The van der Waals surface area contributed by atoms with Gasteiger partial charge in [-0.15, -0.1) is 0 Å². The Labute approximate surface area is 170 Å². The first kappa shape index (κ1) is 21.4. The highest BCUT2D eigenvalue weighted by atomic mass is 19.2. The Morgan fingerprint density at radius 3 is 2.43 bits per heavy atom. The van der Waals surface area contributed by atoms with Gasteiger partial charge in [0.1, 0.15) is 5.75 Å². The zero-order valence-electron chi connectivity index (χ0n) is 16.6. The van der Waals surface area contributed by atoms with Crippen molar-refractivity contribution in [2.24, 2.45) is 0 Å². The van der Waals surface area contributed by atoms with Crippen LogP contribution in [0.25, 0.3) is 0 Å². The minimum atomic E-state index is -1.54. The molecule has 0 aliphatic carbocycles. The lowest BCUT2D eigenvalue weighted by Crippen LogP contribution is -2.21. The van der Waals surface area contributed by atoms with Gasteiger partial charge in [0.05, 0.1) is 25.8 Å². The molecule has 0 aliphatic rings. The molecule has 6 nitrogen and oxygen atoms in total. The fourth-order valence-corrected chi connectivity index (χ4v) is 2.89. The number of halogens is 3. The average Bonchev–Trinajstić information content (AvgIpc) is 2.71. The van der Waals surface area contributed by atoms with Gasteiger partial charge in [0.15, 0.2) is 17.5 Å². The molecular formula is C21H20F3N3O3. The van der Waals surface area contributed by atoms with Crippen LogP contribution in [0.15, 0.2) is 41.3 Å². The molecular weight excluding hydrogens is 399 g/mol. The van der Waals surface area contributed by atoms with Crippen LogP contribution in [-0.4, -0.2) is 23.8 Å². The number of methoxy groups -OCH3 is 2. The highest BCUT2D eigenvalue weighted by Crippen LogP contribution is 2.25.